The molecule has 5 rings (SSSR count). The van der Waals surface area contributed by atoms with Crippen LogP contribution in [0, 0.1) is 0 Å². The normalized spacial score (nSPS) is 17.2. The number of likely N-dealkylation sites (tertiary alicyclic amines) is 1. The van der Waals surface area contributed by atoms with Gasteiger partial charge in [-0.1, -0.05) is 79.2 Å². The van der Waals surface area contributed by atoms with Gasteiger partial charge < -0.3 is 9.84 Å². The number of benzene rings is 3. The van der Waals surface area contributed by atoms with Gasteiger partial charge in [0.05, 0.1) is 6.42 Å². The molecule has 1 unspecified atom stereocenters. The van der Waals surface area contributed by atoms with Crippen molar-refractivity contribution < 1.29 is 14.6 Å². The molecule has 1 fully saturated rings. The van der Waals surface area contributed by atoms with E-state index in [1.807, 2.05) is 37.3 Å². The summed E-state index contributed by atoms with van der Waals surface area (Å²) in [6.45, 7) is 5.32. The number of carbonyl (C=O) groups is 1. The zero-order valence-corrected chi connectivity index (χ0v) is 21.4. The van der Waals surface area contributed by atoms with Gasteiger partial charge in [-0.05, 0) is 77.9 Å². The van der Waals surface area contributed by atoms with E-state index < -0.39 is 5.97 Å². The van der Waals surface area contributed by atoms with Crippen LogP contribution in [0.1, 0.15) is 59.9 Å². The van der Waals surface area contributed by atoms with Crippen molar-refractivity contribution in [2.24, 2.45) is 0 Å². The van der Waals surface area contributed by atoms with Crippen molar-refractivity contribution in [1.29, 1.82) is 0 Å². The quantitative estimate of drug-likeness (QED) is 0.359. The average molecular weight is 502 g/mol. The van der Waals surface area contributed by atoms with Gasteiger partial charge in [-0.2, -0.15) is 0 Å². The number of hydrogen-bond acceptors (Lipinski definition) is 3. The van der Waals surface area contributed by atoms with Crippen molar-refractivity contribution in [3.63, 3.8) is 0 Å². The Morgan fingerprint density at radius 3 is 2.56 bits per heavy atom. The van der Waals surface area contributed by atoms with Crippen molar-refractivity contribution in [2.45, 2.75) is 50.7 Å². The van der Waals surface area contributed by atoms with Crippen LogP contribution in [0.15, 0.2) is 72.8 Å². The summed E-state index contributed by atoms with van der Waals surface area (Å²) < 4.78 is 5.94. The summed E-state index contributed by atoms with van der Waals surface area (Å²) in [6, 6.07) is 22.6. The number of allylic oxidation sites excluding steroid dienone is 1. The molecular weight excluding hydrogens is 470 g/mol. The molecule has 1 spiro atoms. The van der Waals surface area contributed by atoms with E-state index in [1.165, 1.54) is 11.1 Å². The van der Waals surface area contributed by atoms with Gasteiger partial charge in [-0.25, -0.2) is 0 Å². The molecular formula is C31H32ClNO3. The standard InChI is InChI=1S/C31H32ClNO3/c1-22(18-30(34)35)24-8-10-27(11-9-24)36-21-23-6-7-26(29(32)19-23)20-33-16-14-31(15-17-33)13-12-25-4-2-3-5-28(25)31/h2-13,19,22H,14-18,20-21H2,1H3,(H,34,35). The van der Waals surface area contributed by atoms with Gasteiger partial charge >= 0.3 is 5.97 Å². The molecule has 1 N–H and O–H groups in total. The van der Waals surface area contributed by atoms with Crippen LogP contribution in [-0.2, 0) is 23.4 Å². The zero-order chi connectivity index (χ0) is 25.1. The van der Waals surface area contributed by atoms with Crippen LogP contribution in [0.5, 0.6) is 5.75 Å². The zero-order valence-electron chi connectivity index (χ0n) is 20.6. The van der Waals surface area contributed by atoms with Gasteiger partial charge in [-0.3, -0.25) is 9.69 Å². The van der Waals surface area contributed by atoms with Crippen molar-refractivity contribution in [3.05, 3.63) is 106 Å². The summed E-state index contributed by atoms with van der Waals surface area (Å²) >= 11 is 6.67. The Labute approximate surface area is 218 Å². The maximum atomic E-state index is 10.9. The number of ether oxygens (including phenoxy) is 1. The molecule has 1 heterocycles. The summed E-state index contributed by atoms with van der Waals surface area (Å²) in [4.78, 5) is 13.4. The second-order valence-electron chi connectivity index (χ2n) is 10.1. The molecule has 1 aliphatic carbocycles. The molecule has 0 radical (unpaired) electrons. The Bertz CT molecular complexity index is 1260. The molecule has 2 aliphatic rings. The number of aliphatic carboxylic acids is 1. The summed E-state index contributed by atoms with van der Waals surface area (Å²) in [6.07, 6.45) is 7.10. The first kappa shape index (κ1) is 24.6. The molecule has 1 atom stereocenters. The third kappa shape index (κ3) is 5.35. The summed E-state index contributed by atoms with van der Waals surface area (Å²) in [7, 11) is 0. The predicted molar refractivity (Wildman–Crippen MR) is 145 cm³/mol. The van der Waals surface area contributed by atoms with E-state index in [0.717, 1.165) is 59.9 Å². The van der Waals surface area contributed by atoms with Crippen LogP contribution < -0.4 is 4.74 Å². The first-order chi connectivity index (χ1) is 17.4. The molecule has 3 aromatic carbocycles. The fraction of sp³-hybridized carbons (Fsp3) is 0.323. The average Bonchev–Trinajstić information content (AvgIpc) is 3.23. The second kappa shape index (κ2) is 10.5. The minimum atomic E-state index is -0.788. The predicted octanol–water partition coefficient (Wildman–Crippen LogP) is 7.06. The number of rotatable bonds is 8. The molecule has 0 amide bonds. The highest BCUT2D eigenvalue weighted by Crippen LogP contribution is 2.43. The van der Waals surface area contributed by atoms with Gasteiger partial charge in [0.15, 0.2) is 0 Å². The lowest BCUT2D eigenvalue weighted by atomic mass is 9.74. The van der Waals surface area contributed by atoms with Crippen LogP contribution in [0.25, 0.3) is 6.08 Å². The summed E-state index contributed by atoms with van der Waals surface area (Å²) in [5, 5.41) is 9.76. The van der Waals surface area contributed by atoms with Crippen molar-refractivity contribution in [2.75, 3.05) is 13.1 Å². The smallest absolute Gasteiger partial charge is 0.303 e. The van der Waals surface area contributed by atoms with E-state index in [2.05, 4.69) is 53.5 Å². The number of nitrogens with zero attached hydrogens (tertiary/aromatic N) is 1. The summed E-state index contributed by atoms with van der Waals surface area (Å²) in [5.41, 5.74) is 6.22. The van der Waals surface area contributed by atoms with E-state index in [4.69, 9.17) is 21.4 Å². The lowest BCUT2D eigenvalue weighted by Gasteiger charge is -2.39. The van der Waals surface area contributed by atoms with Gasteiger partial charge in [0.25, 0.3) is 0 Å². The van der Waals surface area contributed by atoms with Gasteiger partial charge in [0.2, 0.25) is 0 Å². The van der Waals surface area contributed by atoms with Gasteiger partial charge in [0.1, 0.15) is 12.4 Å². The Balaban J connectivity index is 1.14. The number of carboxylic acids is 1. The lowest BCUT2D eigenvalue weighted by Crippen LogP contribution is -2.40. The van der Waals surface area contributed by atoms with E-state index >= 15 is 0 Å². The highest BCUT2D eigenvalue weighted by molar-refractivity contribution is 6.31. The fourth-order valence-corrected chi connectivity index (χ4v) is 5.73. The van der Waals surface area contributed by atoms with Crippen LogP contribution in [0.3, 0.4) is 0 Å². The molecule has 4 nitrogen and oxygen atoms in total. The fourth-order valence-electron chi connectivity index (χ4n) is 5.47. The SMILES string of the molecule is CC(CC(=O)O)c1ccc(OCc2ccc(CN3CCC4(C=Cc5ccccc54)CC3)c(Cl)c2)cc1. The molecule has 3 aromatic rings. The first-order valence-corrected chi connectivity index (χ1v) is 13.0. The lowest BCUT2D eigenvalue weighted by molar-refractivity contribution is -0.137. The van der Waals surface area contributed by atoms with Gasteiger partial charge in [-0.15, -0.1) is 0 Å². The molecule has 5 heteroatoms. The van der Waals surface area contributed by atoms with E-state index in [-0.39, 0.29) is 17.8 Å². The van der Waals surface area contributed by atoms with Crippen LogP contribution in [-0.4, -0.2) is 29.1 Å². The Hall–Kier alpha value is -3.08. The maximum Gasteiger partial charge on any atom is 0.303 e. The van der Waals surface area contributed by atoms with Crippen LogP contribution in [0.4, 0.5) is 0 Å². The Morgan fingerprint density at radius 2 is 1.83 bits per heavy atom. The minimum absolute atomic E-state index is 0.0289. The number of hydrogen-bond donors (Lipinski definition) is 1. The topological polar surface area (TPSA) is 49.8 Å². The maximum absolute atomic E-state index is 10.9. The number of halogens is 1. The number of carboxylic acid groups (broad SMARTS) is 1. The first-order valence-electron chi connectivity index (χ1n) is 12.6. The summed E-state index contributed by atoms with van der Waals surface area (Å²) in [5.74, 6) is -0.0610. The molecule has 0 bridgehead atoms. The number of fused-ring (bicyclic) bond motifs is 2. The highest BCUT2D eigenvalue weighted by atomic mass is 35.5. The third-order valence-corrected chi connectivity index (χ3v) is 8.03. The van der Waals surface area contributed by atoms with Crippen molar-refractivity contribution in [3.8, 4) is 5.75 Å². The second-order valence-corrected chi connectivity index (χ2v) is 10.5. The van der Waals surface area contributed by atoms with E-state index in [9.17, 15) is 4.79 Å². The molecule has 1 saturated heterocycles. The molecule has 186 valence electrons. The monoisotopic (exact) mass is 501 g/mol. The highest BCUT2D eigenvalue weighted by Gasteiger charge is 2.37. The third-order valence-electron chi connectivity index (χ3n) is 7.67. The molecule has 0 saturated carbocycles. The Morgan fingerprint density at radius 1 is 1.08 bits per heavy atom. The molecule has 36 heavy (non-hydrogen) atoms. The Kier molecular flexibility index (Phi) is 7.17. The largest absolute Gasteiger partial charge is 0.489 e. The minimum Gasteiger partial charge on any atom is -0.489 e. The van der Waals surface area contributed by atoms with Crippen molar-refractivity contribution >= 4 is 23.6 Å². The van der Waals surface area contributed by atoms with Crippen molar-refractivity contribution in [1.82, 2.24) is 4.90 Å². The molecule has 1 aliphatic heterocycles. The molecule has 0 aromatic heterocycles. The number of piperidine rings is 1. The van der Waals surface area contributed by atoms with Crippen LogP contribution in [0.2, 0.25) is 5.02 Å². The van der Waals surface area contributed by atoms with E-state index in [0.29, 0.717) is 6.61 Å². The van der Waals surface area contributed by atoms with E-state index in [1.54, 1.807) is 0 Å². The van der Waals surface area contributed by atoms with Gasteiger partial charge in [0, 0.05) is 17.0 Å². The van der Waals surface area contributed by atoms with Crippen LogP contribution >= 0.6 is 11.6 Å².